The van der Waals surface area contributed by atoms with Gasteiger partial charge in [-0.1, -0.05) is 24.3 Å². The first kappa shape index (κ1) is 15.8. The number of hydrogen-bond donors (Lipinski definition) is 2. The fraction of sp³-hybridized carbons (Fsp3) is 0.474. The highest BCUT2D eigenvalue weighted by atomic mass is 32.1. The van der Waals surface area contributed by atoms with Gasteiger partial charge >= 0.3 is 0 Å². The van der Waals surface area contributed by atoms with Crippen LogP contribution in [0.4, 0.5) is 0 Å². The number of amides is 1. The van der Waals surface area contributed by atoms with Crippen molar-refractivity contribution in [2.45, 2.75) is 31.6 Å². The van der Waals surface area contributed by atoms with E-state index in [0.29, 0.717) is 6.54 Å². The van der Waals surface area contributed by atoms with Crippen LogP contribution in [0.5, 0.6) is 0 Å². The summed E-state index contributed by atoms with van der Waals surface area (Å²) in [5.74, 6) is 0.185. The van der Waals surface area contributed by atoms with Gasteiger partial charge in [0.2, 0.25) is 5.91 Å². The van der Waals surface area contributed by atoms with Crippen molar-refractivity contribution in [2.24, 2.45) is 11.3 Å². The van der Waals surface area contributed by atoms with E-state index in [2.05, 4.69) is 23.5 Å². The Labute approximate surface area is 145 Å². The lowest BCUT2D eigenvalue weighted by atomic mass is 9.82. The molecule has 0 aliphatic heterocycles. The van der Waals surface area contributed by atoms with Gasteiger partial charge in [-0.15, -0.1) is 11.3 Å². The number of hydrogen-bond acceptors (Lipinski definition) is 4. The van der Waals surface area contributed by atoms with Gasteiger partial charge < -0.3 is 10.4 Å². The molecule has 4 nitrogen and oxygen atoms in total. The van der Waals surface area contributed by atoms with E-state index in [9.17, 15) is 9.90 Å². The lowest BCUT2D eigenvalue weighted by Crippen LogP contribution is -2.38. The number of allylic oxidation sites excluding steroid dienone is 2. The first-order valence-corrected chi connectivity index (χ1v) is 9.41. The molecule has 0 saturated heterocycles. The van der Waals surface area contributed by atoms with E-state index in [1.165, 1.54) is 4.70 Å². The molecule has 1 heterocycles. The summed E-state index contributed by atoms with van der Waals surface area (Å²) in [7, 11) is 0. The average molecular weight is 342 g/mol. The van der Waals surface area contributed by atoms with Crippen molar-refractivity contribution in [3.63, 3.8) is 0 Å². The van der Waals surface area contributed by atoms with Crippen LogP contribution >= 0.6 is 11.3 Å². The van der Waals surface area contributed by atoms with Crippen LogP contribution in [0, 0.1) is 11.3 Å². The maximum Gasteiger partial charge on any atom is 0.224 e. The molecule has 4 rings (SSSR count). The Kier molecular flexibility index (Phi) is 4.14. The highest BCUT2D eigenvalue weighted by Gasteiger charge is 2.43. The van der Waals surface area contributed by atoms with E-state index in [0.717, 1.165) is 36.2 Å². The normalized spacial score (nSPS) is 24.9. The average Bonchev–Trinajstić information content (AvgIpc) is 3.29. The Morgan fingerprint density at radius 2 is 2.08 bits per heavy atom. The quantitative estimate of drug-likeness (QED) is 0.820. The van der Waals surface area contributed by atoms with Crippen molar-refractivity contribution >= 4 is 27.5 Å². The molecule has 5 heteroatoms. The summed E-state index contributed by atoms with van der Waals surface area (Å²) >= 11 is 1.70. The van der Waals surface area contributed by atoms with Gasteiger partial charge in [0.05, 0.1) is 27.7 Å². The standard InChI is InChI=1S/C19H22N2O2S/c22-12-19(9-10-19)11-20-17(23)13-5-1-2-6-14(13)18-21-15-7-3-4-8-16(15)24-18/h1-4,7-8,13-14,22H,5-6,9-12H2,(H,20,23)/t13-,14-/m1/s1. The van der Waals surface area contributed by atoms with Crippen molar-refractivity contribution in [1.82, 2.24) is 10.3 Å². The van der Waals surface area contributed by atoms with Gasteiger partial charge in [0.15, 0.2) is 0 Å². The van der Waals surface area contributed by atoms with Gasteiger partial charge in [0.25, 0.3) is 0 Å². The van der Waals surface area contributed by atoms with E-state index in [-0.39, 0.29) is 29.8 Å². The summed E-state index contributed by atoms with van der Waals surface area (Å²) in [6.45, 7) is 0.758. The number of benzene rings is 1. The number of carbonyl (C=O) groups excluding carboxylic acids is 1. The van der Waals surface area contributed by atoms with Crippen molar-refractivity contribution in [3.8, 4) is 0 Å². The third-order valence-corrected chi connectivity index (χ3v) is 6.50. The molecular formula is C19H22N2O2S. The molecule has 2 N–H and O–H groups in total. The van der Waals surface area contributed by atoms with E-state index < -0.39 is 0 Å². The van der Waals surface area contributed by atoms with E-state index in [4.69, 9.17) is 4.98 Å². The summed E-state index contributed by atoms with van der Waals surface area (Å²) < 4.78 is 1.18. The minimum atomic E-state index is -0.0648. The lowest BCUT2D eigenvalue weighted by Gasteiger charge is -2.26. The molecule has 2 aliphatic carbocycles. The second-order valence-corrected chi connectivity index (χ2v) is 8.11. The fourth-order valence-corrected chi connectivity index (χ4v) is 4.54. The number of rotatable bonds is 5. The van der Waals surface area contributed by atoms with Crippen LogP contribution in [0.15, 0.2) is 36.4 Å². The van der Waals surface area contributed by atoms with Crippen LogP contribution in [0.2, 0.25) is 0 Å². The van der Waals surface area contributed by atoms with Crippen LogP contribution in [0.1, 0.15) is 36.6 Å². The van der Waals surface area contributed by atoms with Gasteiger partial charge in [-0.25, -0.2) is 4.98 Å². The summed E-state index contributed by atoms with van der Waals surface area (Å²) in [6.07, 6.45) is 7.91. The van der Waals surface area contributed by atoms with Gasteiger partial charge in [-0.2, -0.15) is 0 Å². The molecule has 126 valence electrons. The van der Waals surface area contributed by atoms with Gasteiger partial charge in [-0.3, -0.25) is 4.79 Å². The summed E-state index contributed by atoms with van der Waals surface area (Å²) in [5, 5.41) is 13.6. The first-order chi connectivity index (χ1) is 11.7. The van der Waals surface area contributed by atoms with Gasteiger partial charge in [0.1, 0.15) is 0 Å². The minimum absolute atomic E-state index is 0.0501. The number of nitrogens with one attached hydrogen (secondary N) is 1. The molecule has 0 spiro atoms. The van der Waals surface area contributed by atoms with Crippen molar-refractivity contribution in [3.05, 3.63) is 41.4 Å². The molecule has 24 heavy (non-hydrogen) atoms. The summed E-state index contributed by atoms with van der Waals surface area (Å²) in [4.78, 5) is 17.5. The molecule has 1 aromatic heterocycles. The van der Waals surface area contributed by atoms with Crippen LogP contribution in [0.3, 0.4) is 0 Å². The lowest BCUT2D eigenvalue weighted by molar-refractivity contribution is -0.126. The highest BCUT2D eigenvalue weighted by Crippen LogP contribution is 2.44. The maximum absolute atomic E-state index is 12.7. The Bertz CT molecular complexity index is 746. The highest BCUT2D eigenvalue weighted by molar-refractivity contribution is 7.18. The molecule has 2 aliphatic rings. The second-order valence-electron chi connectivity index (χ2n) is 7.05. The first-order valence-electron chi connectivity index (χ1n) is 8.60. The Morgan fingerprint density at radius 1 is 1.29 bits per heavy atom. The fourth-order valence-electron chi connectivity index (χ4n) is 3.40. The zero-order valence-corrected chi connectivity index (χ0v) is 14.4. The van der Waals surface area contributed by atoms with Crippen LogP contribution < -0.4 is 5.32 Å². The smallest absolute Gasteiger partial charge is 0.224 e. The number of aromatic nitrogens is 1. The zero-order chi connectivity index (χ0) is 16.6. The maximum atomic E-state index is 12.7. The number of nitrogens with zero attached hydrogens (tertiary/aromatic N) is 1. The zero-order valence-electron chi connectivity index (χ0n) is 13.6. The number of para-hydroxylation sites is 1. The third-order valence-electron chi connectivity index (χ3n) is 5.33. The van der Waals surface area contributed by atoms with Gasteiger partial charge in [-0.05, 0) is 37.8 Å². The monoisotopic (exact) mass is 342 g/mol. The molecule has 2 aromatic rings. The predicted octanol–water partition coefficient (Wildman–Crippen LogP) is 3.23. The number of fused-ring (bicyclic) bond motifs is 1. The minimum Gasteiger partial charge on any atom is -0.396 e. The molecule has 0 bridgehead atoms. The van der Waals surface area contributed by atoms with E-state index in [1.807, 2.05) is 18.2 Å². The Balaban J connectivity index is 1.52. The molecule has 1 fully saturated rings. The molecule has 1 aromatic carbocycles. The predicted molar refractivity (Wildman–Crippen MR) is 96.0 cm³/mol. The van der Waals surface area contributed by atoms with E-state index >= 15 is 0 Å². The molecular weight excluding hydrogens is 320 g/mol. The number of thiazole rings is 1. The number of carbonyl (C=O) groups is 1. The Hall–Kier alpha value is -1.72. The molecule has 1 amide bonds. The third kappa shape index (κ3) is 2.98. The topological polar surface area (TPSA) is 62.2 Å². The molecule has 1 saturated carbocycles. The van der Waals surface area contributed by atoms with Crippen molar-refractivity contribution in [2.75, 3.05) is 13.2 Å². The molecule has 2 atom stereocenters. The van der Waals surface area contributed by atoms with Crippen LogP contribution in [0.25, 0.3) is 10.2 Å². The van der Waals surface area contributed by atoms with Gasteiger partial charge in [0, 0.05) is 17.9 Å². The number of aliphatic hydroxyl groups excluding tert-OH is 1. The second kappa shape index (κ2) is 6.30. The van der Waals surface area contributed by atoms with Crippen molar-refractivity contribution in [1.29, 1.82) is 0 Å². The van der Waals surface area contributed by atoms with Crippen LogP contribution in [-0.4, -0.2) is 29.1 Å². The molecule has 0 radical (unpaired) electrons. The Morgan fingerprint density at radius 3 is 2.83 bits per heavy atom. The van der Waals surface area contributed by atoms with Crippen molar-refractivity contribution < 1.29 is 9.90 Å². The summed E-state index contributed by atoms with van der Waals surface area (Å²) in [5.41, 5.74) is 0.967. The number of aliphatic hydroxyl groups is 1. The molecule has 0 unspecified atom stereocenters. The summed E-state index contributed by atoms with van der Waals surface area (Å²) in [6, 6.07) is 8.14. The van der Waals surface area contributed by atoms with Crippen LogP contribution in [-0.2, 0) is 4.79 Å². The SMILES string of the molecule is O=C(NCC1(CO)CC1)[C@@H]1CC=CC[C@H]1c1nc2ccccc2s1. The largest absolute Gasteiger partial charge is 0.396 e. The van der Waals surface area contributed by atoms with E-state index in [1.54, 1.807) is 11.3 Å².